The van der Waals surface area contributed by atoms with Crippen LogP contribution < -0.4 is 4.72 Å². The summed E-state index contributed by atoms with van der Waals surface area (Å²) in [5.41, 5.74) is 1.63. The van der Waals surface area contributed by atoms with Crippen molar-refractivity contribution in [2.45, 2.75) is 4.90 Å². The van der Waals surface area contributed by atoms with Crippen LogP contribution in [-0.2, 0) is 10.0 Å². The Morgan fingerprint density at radius 3 is 2.76 bits per heavy atom. The third-order valence-electron chi connectivity index (χ3n) is 1.97. The molecule has 2 aromatic rings. The molecular formula is C10H7N3O2S2. The van der Waals surface area contributed by atoms with Gasteiger partial charge in [-0.1, -0.05) is 12.1 Å². The summed E-state index contributed by atoms with van der Waals surface area (Å²) in [6.07, 6.45) is 0. The molecule has 1 aromatic heterocycles. The fourth-order valence-corrected chi connectivity index (χ4v) is 2.97. The number of hydrogen-bond donors (Lipinski definition) is 1. The van der Waals surface area contributed by atoms with E-state index >= 15 is 0 Å². The Morgan fingerprint density at radius 2 is 2.12 bits per heavy atom. The highest BCUT2D eigenvalue weighted by Gasteiger charge is 2.18. The van der Waals surface area contributed by atoms with Gasteiger partial charge in [-0.05, 0) is 12.1 Å². The first-order valence-corrected chi connectivity index (χ1v) is 6.96. The molecule has 5 nitrogen and oxygen atoms in total. The van der Waals surface area contributed by atoms with Gasteiger partial charge in [-0.25, -0.2) is 13.4 Å². The average molecular weight is 265 g/mol. The first-order chi connectivity index (χ1) is 8.13. The molecule has 1 aromatic carbocycles. The SMILES string of the molecule is N#Cc1ccccc1S(=O)(=O)Nc1cscn1. The van der Waals surface area contributed by atoms with E-state index in [1.54, 1.807) is 17.5 Å². The molecule has 0 atom stereocenters. The van der Waals surface area contributed by atoms with Crippen LogP contribution in [0.4, 0.5) is 5.82 Å². The van der Waals surface area contributed by atoms with Crippen molar-refractivity contribution in [3.8, 4) is 6.07 Å². The van der Waals surface area contributed by atoms with Gasteiger partial charge < -0.3 is 0 Å². The van der Waals surface area contributed by atoms with E-state index < -0.39 is 10.0 Å². The topological polar surface area (TPSA) is 82.8 Å². The molecule has 1 N–H and O–H groups in total. The number of sulfonamides is 1. The monoisotopic (exact) mass is 265 g/mol. The third-order valence-corrected chi connectivity index (χ3v) is 3.97. The Bertz CT molecular complexity index is 657. The second kappa shape index (κ2) is 4.53. The fourth-order valence-electron chi connectivity index (χ4n) is 1.25. The van der Waals surface area contributed by atoms with E-state index in [0.717, 1.165) is 0 Å². The van der Waals surface area contributed by atoms with Crippen LogP contribution >= 0.6 is 11.3 Å². The number of thiazole rings is 1. The van der Waals surface area contributed by atoms with Crippen molar-refractivity contribution in [3.63, 3.8) is 0 Å². The third kappa shape index (κ3) is 2.43. The number of hydrogen-bond acceptors (Lipinski definition) is 5. The van der Waals surface area contributed by atoms with Gasteiger partial charge >= 0.3 is 0 Å². The molecule has 0 saturated heterocycles. The predicted molar refractivity (Wildman–Crippen MR) is 64.1 cm³/mol. The van der Waals surface area contributed by atoms with Crippen LogP contribution in [0.3, 0.4) is 0 Å². The highest BCUT2D eigenvalue weighted by Crippen LogP contribution is 2.18. The quantitative estimate of drug-likeness (QED) is 0.917. The molecule has 0 saturated carbocycles. The van der Waals surface area contributed by atoms with Gasteiger partial charge in [0, 0.05) is 5.38 Å². The lowest BCUT2D eigenvalue weighted by atomic mass is 10.2. The van der Waals surface area contributed by atoms with Gasteiger partial charge in [0.25, 0.3) is 10.0 Å². The predicted octanol–water partition coefficient (Wildman–Crippen LogP) is 1.82. The molecule has 0 bridgehead atoms. The Hall–Kier alpha value is -1.91. The average Bonchev–Trinajstić information content (AvgIpc) is 2.81. The van der Waals surface area contributed by atoms with Gasteiger partial charge in [-0.15, -0.1) is 11.3 Å². The summed E-state index contributed by atoms with van der Waals surface area (Å²) in [5.74, 6) is 0.253. The molecule has 0 aliphatic rings. The number of rotatable bonds is 3. The summed E-state index contributed by atoms with van der Waals surface area (Å²) < 4.78 is 26.3. The van der Waals surface area contributed by atoms with Crippen LogP contribution in [0.1, 0.15) is 5.56 Å². The van der Waals surface area contributed by atoms with Crippen LogP contribution in [0.25, 0.3) is 0 Å². The Morgan fingerprint density at radius 1 is 1.35 bits per heavy atom. The Kier molecular flexibility index (Phi) is 3.08. The molecule has 86 valence electrons. The smallest absolute Gasteiger partial charge is 0.263 e. The molecule has 0 amide bonds. The van der Waals surface area contributed by atoms with Crippen LogP contribution in [0, 0.1) is 11.3 Å². The first-order valence-electron chi connectivity index (χ1n) is 4.53. The van der Waals surface area contributed by atoms with Crippen molar-refractivity contribution in [1.82, 2.24) is 4.98 Å². The standard InChI is InChI=1S/C10H7N3O2S2/c11-5-8-3-1-2-4-9(8)17(14,15)13-10-6-16-7-12-10/h1-4,6-7,13H. The maximum atomic E-state index is 12.0. The van der Waals surface area contributed by atoms with E-state index in [0.29, 0.717) is 0 Å². The molecule has 0 aliphatic carbocycles. The zero-order valence-corrected chi connectivity index (χ0v) is 10.1. The highest BCUT2D eigenvalue weighted by molar-refractivity contribution is 7.92. The van der Waals surface area contributed by atoms with Crippen LogP contribution in [0.15, 0.2) is 40.1 Å². The maximum absolute atomic E-state index is 12.0. The van der Waals surface area contributed by atoms with Gasteiger partial charge in [0.2, 0.25) is 0 Å². The van der Waals surface area contributed by atoms with Crippen molar-refractivity contribution in [2.24, 2.45) is 0 Å². The van der Waals surface area contributed by atoms with E-state index in [4.69, 9.17) is 5.26 Å². The van der Waals surface area contributed by atoms with Gasteiger partial charge in [0.05, 0.1) is 11.1 Å². The molecule has 1 heterocycles. The van der Waals surface area contributed by atoms with Gasteiger partial charge in [0.1, 0.15) is 11.0 Å². The second-order valence-corrected chi connectivity index (χ2v) is 5.46. The van der Waals surface area contributed by atoms with E-state index in [1.165, 1.54) is 29.0 Å². The molecule has 0 fully saturated rings. The van der Waals surface area contributed by atoms with Crippen molar-refractivity contribution in [3.05, 3.63) is 40.7 Å². The van der Waals surface area contributed by atoms with Crippen molar-refractivity contribution in [1.29, 1.82) is 5.26 Å². The van der Waals surface area contributed by atoms with Crippen molar-refractivity contribution in [2.75, 3.05) is 4.72 Å². The minimum absolute atomic E-state index is 0.0458. The number of anilines is 1. The minimum atomic E-state index is -3.75. The van der Waals surface area contributed by atoms with Gasteiger partial charge in [0.15, 0.2) is 5.82 Å². The molecule has 0 spiro atoms. The number of aromatic nitrogens is 1. The largest absolute Gasteiger partial charge is 0.264 e. The normalized spacial score (nSPS) is 10.8. The number of benzene rings is 1. The van der Waals surface area contributed by atoms with Crippen molar-refractivity contribution < 1.29 is 8.42 Å². The molecule has 17 heavy (non-hydrogen) atoms. The molecule has 7 heteroatoms. The summed E-state index contributed by atoms with van der Waals surface area (Å²) in [7, 11) is -3.75. The lowest BCUT2D eigenvalue weighted by Gasteiger charge is -2.06. The van der Waals surface area contributed by atoms with E-state index in [2.05, 4.69) is 9.71 Å². The lowest BCUT2D eigenvalue weighted by Crippen LogP contribution is -2.14. The molecule has 0 unspecified atom stereocenters. The molecule has 0 aliphatic heterocycles. The molecule has 0 radical (unpaired) electrons. The van der Waals surface area contributed by atoms with Crippen molar-refractivity contribution >= 4 is 27.2 Å². The summed E-state index contributed by atoms with van der Waals surface area (Å²) in [5, 5.41) is 10.4. The minimum Gasteiger partial charge on any atom is -0.263 e. The van der Waals surface area contributed by atoms with Crippen LogP contribution in [0.5, 0.6) is 0 Å². The van der Waals surface area contributed by atoms with E-state index in [9.17, 15) is 8.42 Å². The summed E-state index contributed by atoms with van der Waals surface area (Å²) >= 11 is 1.28. The lowest BCUT2D eigenvalue weighted by molar-refractivity contribution is 0.601. The fraction of sp³-hybridized carbons (Fsp3) is 0. The first kappa shape index (κ1) is 11.6. The van der Waals surface area contributed by atoms with Gasteiger partial charge in [-0.2, -0.15) is 5.26 Å². The maximum Gasteiger partial charge on any atom is 0.264 e. The number of nitrogens with zero attached hydrogens (tertiary/aromatic N) is 2. The number of nitrogens with one attached hydrogen (secondary N) is 1. The summed E-state index contributed by atoms with van der Waals surface area (Å²) in [6, 6.07) is 7.86. The highest BCUT2D eigenvalue weighted by atomic mass is 32.2. The molecule has 2 rings (SSSR count). The van der Waals surface area contributed by atoms with E-state index in [-0.39, 0.29) is 16.3 Å². The molecular weight excluding hydrogens is 258 g/mol. The number of nitriles is 1. The zero-order chi connectivity index (χ0) is 12.3. The second-order valence-electron chi connectivity index (χ2n) is 3.09. The Balaban J connectivity index is 2.42. The van der Waals surface area contributed by atoms with Crippen LogP contribution in [-0.4, -0.2) is 13.4 Å². The van der Waals surface area contributed by atoms with Crippen LogP contribution in [0.2, 0.25) is 0 Å². The summed E-state index contributed by atoms with van der Waals surface area (Å²) in [4.78, 5) is 3.78. The van der Waals surface area contributed by atoms with E-state index in [1.807, 2.05) is 6.07 Å². The summed E-state index contributed by atoms with van der Waals surface area (Å²) in [6.45, 7) is 0. The zero-order valence-electron chi connectivity index (χ0n) is 8.49. The van der Waals surface area contributed by atoms with Gasteiger partial charge in [-0.3, -0.25) is 4.72 Å². The Labute approximate surface area is 102 Å².